The van der Waals surface area contributed by atoms with Gasteiger partial charge in [-0.15, -0.1) is 0 Å². The van der Waals surface area contributed by atoms with Gasteiger partial charge in [0.15, 0.2) is 0 Å². The minimum atomic E-state index is -0.234. The fourth-order valence-corrected chi connectivity index (χ4v) is 3.48. The third-order valence-corrected chi connectivity index (χ3v) is 5.32. The van der Waals surface area contributed by atoms with E-state index >= 15 is 0 Å². The van der Waals surface area contributed by atoms with Crippen molar-refractivity contribution in [3.05, 3.63) is 69.6 Å². The summed E-state index contributed by atoms with van der Waals surface area (Å²) in [4.78, 5) is 38.9. The number of hydrogen-bond donors (Lipinski definition) is 1. The second-order valence-corrected chi connectivity index (χ2v) is 7.48. The molecule has 0 aliphatic carbocycles. The number of para-hydroxylation sites is 2. The lowest BCUT2D eigenvalue weighted by Crippen LogP contribution is -2.41. The molecule has 0 saturated carbocycles. The van der Waals surface area contributed by atoms with Gasteiger partial charge in [-0.3, -0.25) is 18.7 Å². The number of imidazole rings is 1. The fourth-order valence-electron chi connectivity index (χ4n) is 3.35. The van der Waals surface area contributed by atoms with Crippen LogP contribution in [-0.4, -0.2) is 38.9 Å². The monoisotopic (exact) mass is 428 g/mol. The van der Waals surface area contributed by atoms with Crippen molar-refractivity contribution < 1.29 is 9.59 Å². The van der Waals surface area contributed by atoms with Crippen molar-refractivity contribution in [1.29, 1.82) is 0 Å². The zero-order valence-electron chi connectivity index (χ0n) is 17.1. The van der Waals surface area contributed by atoms with E-state index < -0.39 is 0 Å². The summed E-state index contributed by atoms with van der Waals surface area (Å²) in [6.45, 7) is 2.86. The summed E-state index contributed by atoms with van der Waals surface area (Å²) in [5, 5.41) is 3.45. The molecule has 1 heterocycles. The number of halogens is 1. The molecule has 0 unspecified atom stereocenters. The van der Waals surface area contributed by atoms with E-state index in [9.17, 15) is 14.4 Å². The number of amides is 2. The Hall–Kier alpha value is -3.06. The van der Waals surface area contributed by atoms with Crippen LogP contribution in [0.1, 0.15) is 18.9 Å². The number of hydrogen-bond acceptors (Lipinski definition) is 3. The van der Waals surface area contributed by atoms with Gasteiger partial charge in [0.1, 0.15) is 0 Å². The summed E-state index contributed by atoms with van der Waals surface area (Å²) in [5.74, 6) is -0.401. The van der Waals surface area contributed by atoms with Gasteiger partial charge in [0.05, 0.1) is 17.6 Å². The fraction of sp³-hybridized carbons (Fsp3) is 0.318. The first kappa shape index (κ1) is 21.6. The Morgan fingerprint density at radius 1 is 1.07 bits per heavy atom. The molecular formula is C22H25ClN4O3. The molecule has 0 atom stereocenters. The van der Waals surface area contributed by atoms with Crippen molar-refractivity contribution in [2.45, 2.75) is 26.4 Å². The number of nitrogens with zero attached hydrogens (tertiary/aromatic N) is 3. The van der Waals surface area contributed by atoms with Crippen LogP contribution in [0.25, 0.3) is 11.0 Å². The molecule has 7 nitrogen and oxygen atoms in total. The molecule has 1 N–H and O–H groups in total. The molecular weight excluding hydrogens is 404 g/mol. The molecule has 0 spiro atoms. The third-order valence-electron chi connectivity index (χ3n) is 5.07. The van der Waals surface area contributed by atoms with Crippen molar-refractivity contribution in [3.8, 4) is 0 Å². The summed E-state index contributed by atoms with van der Waals surface area (Å²) < 4.78 is 3.17. The highest BCUT2D eigenvalue weighted by Gasteiger charge is 2.17. The van der Waals surface area contributed by atoms with Crippen molar-refractivity contribution in [3.63, 3.8) is 0 Å². The first-order valence-electron chi connectivity index (χ1n) is 9.84. The highest BCUT2D eigenvalue weighted by Crippen LogP contribution is 2.12. The Balaban J connectivity index is 1.57. The van der Waals surface area contributed by atoms with Gasteiger partial charge in [-0.05, 0) is 36.8 Å². The highest BCUT2D eigenvalue weighted by atomic mass is 35.5. The molecule has 3 rings (SSSR count). The third kappa shape index (κ3) is 4.91. The Kier molecular flexibility index (Phi) is 6.95. The van der Waals surface area contributed by atoms with E-state index in [1.54, 1.807) is 28.3 Å². The molecule has 8 heteroatoms. The van der Waals surface area contributed by atoms with Gasteiger partial charge in [0, 0.05) is 38.1 Å². The summed E-state index contributed by atoms with van der Waals surface area (Å²) in [6, 6.07) is 14.7. The average molecular weight is 429 g/mol. The SMILES string of the molecule is CCN(CC(=O)NCc1ccc(Cl)cc1)C(=O)CCn1c(=O)n(C)c2ccccc21. The largest absolute Gasteiger partial charge is 0.350 e. The lowest BCUT2D eigenvalue weighted by atomic mass is 10.2. The van der Waals surface area contributed by atoms with Crippen molar-refractivity contribution in [2.75, 3.05) is 13.1 Å². The van der Waals surface area contributed by atoms with Crippen molar-refractivity contribution in [2.24, 2.45) is 7.05 Å². The van der Waals surface area contributed by atoms with Crippen LogP contribution in [0.3, 0.4) is 0 Å². The van der Waals surface area contributed by atoms with Crippen LogP contribution in [0, 0.1) is 0 Å². The zero-order chi connectivity index (χ0) is 21.7. The first-order valence-corrected chi connectivity index (χ1v) is 10.2. The minimum Gasteiger partial charge on any atom is -0.350 e. The van der Waals surface area contributed by atoms with E-state index in [4.69, 9.17) is 11.6 Å². The highest BCUT2D eigenvalue weighted by molar-refractivity contribution is 6.30. The summed E-state index contributed by atoms with van der Waals surface area (Å²) in [7, 11) is 1.71. The van der Waals surface area contributed by atoms with Crippen LogP contribution in [0.4, 0.5) is 0 Å². The minimum absolute atomic E-state index is 0.0205. The number of likely N-dealkylation sites (N-methyl/N-ethyl adjacent to an activating group) is 1. The molecule has 0 aliphatic heterocycles. The number of benzene rings is 2. The normalized spacial score (nSPS) is 10.9. The van der Waals surface area contributed by atoms with Crippen LogP contribution in [0.2, 0.25) is 5.02 Å². The number of aryl methyl sites for hydroxylation is 2. The van der Waals surface area contributed by atoms with Crippen LogP contribution in [0.5, 0.6) is 0 Å². The Bertz CT molecular complexity index is 1100. The van der Waals surface area contributed by atoms with E-state index in [-0.39, 0.29) is 37.0 Å². The predicted octanol–water partition coefficient (Wildman–Crippen LogP) is 2.55. The molecule has 0 saturated heterocycles. The maximum Gasteiger partial charge on any atom is 0.328 e. The molecule has 3 aromatic rings. The van der Waals surface area contributed by atoms with E-state index in [0.717, 1.165) is 16.6 Å². The number of nitrogens with one attached hydrogen (secondary N) is 1. The summed E-state index contributed by atoms with van der Waals surface area (Å²) in [6.07, 6.45) is 0.145. The lowest BCUT2D eigenvalue weighted by molar-refractivity contribution is -0.136. The van der Waals surface area contributed by atoms with E-state index in [1.165, 1.54) is 4.90 Å². The van der Waals surface area contributed by atoms with Crippen LogP contribution >= 0.6 is 11.6 Å². The van der Waals surface area contributed by atoms with E-state index in [2.05, 4.69) is 5.32 Å². The molecule has 2 amide bonds. The maximum atomic E-state index is 12.7. The second kappa shape index (κ2) is 9.63. The van der Waals surface area contributed by atoms with Crippen molar-refractivity contribution >= 4 is 34.4 Å². The molecule has 0 aliphatic rings. The summed E-state index contributed by atoms with van der Waals surface area (Å²) in [5.41, 5.74) is 2.38. The van der Waals surface area contributed by atoms with Gasteiger partial charge in [-0.2, -0.15) is 0 Å². The molecule has 0 fully saturated rings. The van der Waals surface area contributed by atoms with Crippen LogP contribution in [0.15, 0.2) is 53.3 Å². The van der Waals surface area contributed by atoms with E-state index in [1.807, 2.05) is 43.3 Å². The quantitative estimate of drug-likeness (QED) is 0.599. The molecule has 0 bridgehead atoms. The van der Waals surface area contributed by atoms with E-state index in [0.29, 0.717) is 18.1 Å². The standard InChI is InChI=1S/C22H25ClN4O3/c1-3-26(15-20(28)24-14-16-8-10-17(23)11-9-16)21(29)12-13-27-19-7-5-4-6-18(19)25(2)22(27)30/h4-11H,3,12-15H2,1-2H3,(H,24,28). The number of carbonyl (C=O) groups excluding carboxylic acids is 2. The molecule has 1 aromatic heterocycles. The molecule has 30 heavy (non-hydrogen) atoms. The molecule has 158 valence electrons. The van der Waals surface area contributed by atoms with Gasteiger partial charge < -0.3 is 10.2 Å². The summed E-state index contributed by atoms with van der Waals surface area (Å²) >= 11 is 5.86. The second-order valence-electron chi connectivity index (χ2n) is 7.04. The molecule has 0 radical (unpaired) electrons. The van der Waals surface area contributed by atoms with Gasteiger partial charge in [0.25, 0.3) is 0 Å². The smallest absolute Gasteiger partial charge is 0.328 e. The Morgan fingerprint density at radius 3 is 2.40 bits per heavy atom. The maximum absolute atomic E-state index is 12.7. The first-order chi connectivity index (χ1) is 14.4. The lowest BCUT2D eigenvalue weighted by Gasteiger charge is -2.20. The van der Waals surface area contributed by atoms with Crippen LogP contribution < -0.4 is 11.0 Å². The zero-order valence-corrected chi connectivity index (χ0v) is 17.9. The number of rotatable bonds is 8. The molecule has 2 aromatic carbocycles. The number of fused-ring (bicyclic) bond motifs is 1. The van der Waals surface area contributed by atoms with Gasteiger partial charge in [0.2, 0.25) is 11.8 Å². The topological polar surface area (TPSA) is 76.3 Å². The number of aromatic nitrogens is 2. The average Bonchev–Trinajstić information content (AvgIpc) is 3.00. The Morgan fingerprint density at radius 2 is 1.73 bits per heavy atom. The van der Waals surface area contributed by atoms with Gasteiger partial charge in [-0.1, -0.05) is 35.9 Å². The van der Waals surface area contributed by atoms with Gasteiger partial charge >= 0.3 is 5.69 Å². The Labute approximate surface area is 179 Å². The van der Waals surface area contributed by atoms with Crippen LogP contribution in [-0.2, 0) is 29.7 Å². The predicted molar refractivity (Wildman–Crippen MR) is 117 cm³/mol. The number of carbonyl (C=O) groups is 2. The van der Waals surface area contributed by atoms with Gasteiger partial charge in [-0.25, -0.2) is 4.79 Å². The van der Waals surface area contributed by atoms with Crippen molar-refractivity contribution in [1.82, 2.24) is 19.4 Å².